The number of thiophene rings is 1. The average Bonchev–Trinajstić information content (AvgIpc) is 4.21. The number of nitrogens with zero attached hydrogens (tertiary/aromatic N) is 3. The summed E-state index contributed by atoms with van der Waals surface area (Å²) in [5.41, 5.74) is 18.4. The lowest BCUT2D eigenvalue weighted by Crippen LogP contribution is -2.28. The Morgan fingerprint density at radius 2 is 0.813 bits per heavy atom. The molecule has 0 bridgehead atoms. The summed E-state index contributed by atoms with van der Waals surface area (Å²) < 4.78 is 9.01. The summed E-state index contributed by atoms with van der Waals surface area (Å²) in [6.45, 7) is 0. The van der Waals surface area contributed by atoms with Crippen LogP contribution in [0.1, 0.15) is 22.3 Å². The predicted octanol–water partition coefficient (Wildman–Crippen LogP) is 18.5. The number of aromatic nitrogens is 3. The number of fused-ring (bicyclic) bond motifs is 9. The summed E-state index contributed by atoms with van der Waals surface area (Å²) >= 11 is 1.78. The molecule has 0 radical (unpaired) electrons. The highest BCUT2D eigenvalue weighted by molar-refractivity contribution is 7.26. The van der Waals surface area contributed by atoms with Crippen LogP contribution in [-0.2, 0) is 5.41 Å². The minimum Gasteiger partial charge on any atom is -0.456 e. The lowest BCUT2D eigenvalue weighted by atomic mass is 9.67. The van der Waals surface area contributed by atoms with Crippen LogP contribution in [0, 0.1) is 0 Å². The number of furan rings is 1. The Balaban J connectivity index is 0.839. The van der Waals surface area contributed by atoms with Gasteiger partial charge in [0.05, 0.1) is 5.41 Å². The first-order valence-electron chi connectivity index (χ1n) is 25.4. The third kappa shape index (κ3) is 6.93. The molecule has 75 heavy (non-hydrogen) atoms. The van der Waals surface area contributed by atoms with Gasteiger partial charge in [0.25, 0.3) is 0 Å². The van der Waals surface area contributed by atoms with Crippen LogP contribution in [-0.4, -0.2) is 15.0 Å². The molecule has 0 unspecified atom stereocenters. The second-order valence-electron chi connectivity index (χ2n) is 19.4. The molecule has 0 N–H and O–H groups in total. The van der Waals surface area contributed by atoms with E-state index in [9.17, 15) is 0 Å². The number of hydrogen-bond donors (Lipinski definition) is 0. The van der Waals surface area contributed by atoms with Crippen LogP contribution in [0.15, 0.2) is 265 Å². The van der Waals surface area contributed by atoms with Crippen LogP contribution in [0.4, 0.5) is 0 Å². The van der Waals surface area contributed by atoms with E-state index in [0.29, 0.717) is 17.5 Å². The van der Waals surface area contributed by atoms with Crippen LogP contribution in [0.5, 0.6) is 0 Å². The maximum absolute atomic E-state index is 6.63. The lowest BCUT2D eigenvalue weighted by molar-refractivity contribution is 0.669. The van der Waals surface area contributed by atoms with Gasteiger partial charge in [-0.1, -0.05) is 224 Å². The molecule has 1 aliphatic rings. The van der Waals surface area contributed by atoms with Crippen molar-refractivity contribution in [2.45, 2.75) is 5.41 Å². The van der Waals surface area contributed by atoms with Crippen molar-refractivity contribution in [1.82, 2.24) is 15.0 Å². The maximum atomic E-state index is 6.63. The van der Waals surface area contributed by atoms with E-state index in [0.717, 1.165) is 71.1 Å². The summed E-state index contributed by atoms with van der Waals surface area (Å²) in [5.74, 6) is 1.82. The van der Waals surface area contributed by atoms with Crippen molar-refractivity contribution in [1.29, 1.82) is 0 Å². The number of hydrogen-bond acceptors (Lipinski definition) is 5. The second kappa shape index (κ2) is 17.3. The number of benzene rings is 11. The summed E-state index contributed by atoms with van der Waals surface area (Å²) in [6, 6.07) is 93.6. The smallest absolute Gasteiger partial charge is 0.165 e. The summed E-state index contributed by atoms with van der Waals surface area (Å²) in [6.07, 6.45) is 0. The molecule has 1 aliphatic carbocycles. The van der Waals surface area contributed by atoms with Gasteiger partial charge in [-0.25, -0.2) is 15.0 Å². The van der Waals surface area contributed by atoms with Gasteiger partial charge in [0, 0.05) is 47.6 Å². The van der Waals surface area contributed by atoms with Gasteiger partial charge in [-0.05, 0) is 103 Å². The van der Waals surface area contributed by atoms with Crippen molar-refractivity contribution < 1.29 is 4.42 Å². The van der Waals surface area contributed by atoms with E-state index in [4.69, 9.17) is 19.4 Å². The van der Waals surface area contributed by atoms with E-state index in [-0.39, 0.29) is 0 Å². The van der Waals surface area contributed by atoms with Gasteiger partial charge >= 0.3 is 0 Å². The van der Waals surface area contributed by atoms with Crippen LogP contribution in [0.2, 0.25) is 0 Å². The highest BCUT2D eigenvalue weighted by Gasteiger charge is 2.46. The molecule has 14 aromatic rings. The Kier molecular flexibility index (Phi) is 9.94. The Bertz CT molecular complexity index is 4470. The van der Waals surface area contributed by atoms with Crippen LogP contribution in [0.3, 0.4) is 0 Å². The molecule has 0 saturated carbocycles. The fraction of sp³-hybridized carbons (Fsp3) is 0.0143. The van der Waals surface area contributed by atoms with Crippen molar-refractivity contribution in [2.24, 2.45) is 0 Å². The minimum absolute atomic E-state index is 0.460. The highest BCUT2D eigenvalue weighted by atomic mass is 32.1. The molecule has 3 aromatic heterocycles. The molecular weight excluding hydrogens is 931 g/mol. The fourth-order valence-electron chi connectivity index (χ4n) is 11.8. The van der Waals surface area contributed by atoms with Crippen molar-refractivity contribution in [3.63, 3.8) is 0 Å². The van der Waals surface area contributed by atoms with Crippen LogP contribution in [0.25, 0.3) is 121 Å². The molecular formula is C70H43N3OS. The zero-order chi connectivity index (χ0) is 49.5. The van der Waals surface area contributed by atoms with Gasteiger partial charge in [0.15, 0.2) is 17.5 Å². The Labute approximate surface area is 437 Å². The zero-order valence-corrected chi connectivity index (χ0v) is 41.3. The molecule has 0 fully saturated rings. The van der Waals surface area contributed by atoms with E-state index in [1.54, 1.807) is 11.3 Å². The van der Waals surface area contributed by atoms with Crippen LogP contribution < -0.4 is 0 Å². The Morgan fingerprint density at radius 3 is 1.56 bits per heavy atom. The first kappa shape index (κ1) is 43.1. The molecule has 15 rings (SSSR count). The lowest BCUT2D eigenvalue weighted by Gasteiger charge is -2.34. The molecule has 0 spiro atoms. The molecule has 0 atom stereocenters. The van der Waals surface area contributed by atoms with Crippen molar-refractivity contribution in [2.75, 3.05) is 0 Å². The van der Waals surface area contributed by atoms with E-state index >= 15 is 0 Å². The number of rotatable bonds is 8. The van der Waals surface area contributed by atoms with Gasteiger partial charge in [-0.2, -0.15) is 0 Å². The normalized spacial score (nSPS) is 12.6. The van der Waals surface area contributed by atoms with Crippen molar-refractivity contribution in [3.05, 3.63) is 283 Å². The minimum atomic E-state index is -0.460. The summed E-state index contributed by atoms with van der Waals surface area (Å²) in [4.78, 5) is 15.9. The largest absolute Gasteiger partial charge is 0.456 e. The average molecular weight is 974 g/mol. The van der Waals surface area contributed by atoms with E-state index in [1.807, 2.05) is 18.2 Å². The van der Waals surface area contributed by atoms with Crippen LogP contribution >= 0.6 is 11.3 Å². The molecule has 0 amide bonds. The first-order valence-corrected chi connectivity index (χ1v) is 26.2. The Hall–Kier alpha value is -9.55. The maximum Gasteiger partial charge on any atom is 0.165 e. The van der Waals surface area contributed by atoms with E-state index in [1.165, 1.54) is 54.4 Å². The molecule has 3 heterocycles. The molecule has 5 heteroatoms. The van der Waals surface area contributed by atoms with Gasteiger partial charge < -0.3 is 4.42 Å². The molecule has 0 saturated heterocycles. The van der Waals surface area contributed by atoms with Gasteiger partial charge in [-0.3, -0.25) is 0 Å². The molecule has 350 valence electrons. The SMILES string of the molecule is c1ccc(-c2ccc(-c3nc(-c4cccc5c4sc4ccccc45)nc(-c4cccc5oc6ccc(-c7ccc(-c8ccc9c(c8)C(c8ccccc8)(c8ccccc8)c8ccccc8-9)cc7)cc6c45)n3)cc2)cc1. The Morgan fingerprint density at radius 1 is 0.307 bits per heavy atom. The van der Waals surface area contributed by atoms with E-state index in [2.05, 4.69) is 243 Å². The monoisotopic (exact) mass is 973 g/mol. The van der Waals surface area contributed by atoms with Gasteiger partial charge in [-0.15, -0.1) is 11.3 Å². The molecule has 0 aliphatic heterocycles. The second-order valence-corrected chi connectivity index (χ2v) is 20.4. The molecule has 11 aromatic carbocycles. The van der Waals surface area contributed by atoms with Crippen molar-refractivity contribution in [3.8, 4) is 78.7 Å². The van der Waals surface area contributed by atoms with E-state index < -0.39 is 5.41 Å². The van der Waals surface area contributed by atoms with Crippen molar-refractivity contribution >= 4 is 53.4 Å². The standard InChI is InChI=1S/C70H43N3OS/c1-4-16-44(17-5-1)45-34-36-48(37-35-45)67-71-68(73-69(72-67)58-26-14-24-56-55-23-11-13-29-64(55)75-66(56)58)57-25-15-28-63-65(57)59-42-49(39-41-62(59)74-63)46-30-32-47(33-31-46)50-38-40-54-53-22-10-12-27-60(53)70(61(54)43-50,51-18-6-2-7-19-51)52-20-8-3-9-21-52/h1-43H. The quantitative estimate of drug-likeness (QED) is 0.152. The van der Waals surface area contributed by atoms with Gasteiger partial charge in [0.2, 0.25) is 0 Å². The third-order valence-electron chi connectivity index (χ3n) is 15.3. The topological polar surface area (TPSA) is 51.8 Å². The molecule has 4 nitrogen and oxygen atoms in total. The van der Waals surface area contributed by atoms with Gasteiger partial charge in [0.1, 0.15) is 11.2 Å². The summed E-state index contributed by atoms with van der Waals surface area (Å²) in [7, 11) is 0. The predicted molar refractivity (Wildman–Crippen MR) is 310 cm³/mol. The fourth-order valence-corrected chi connectivity index (χ4v) is 13.0. The summed E-state index contributed by atoms with van der Waals surface area (Å²) in [5, 5.41) is 4.39. The zero-order valence-electron chi connectivity index (χ0n) is 40.5. The first-order chi connectivity index (χ1) is 37.2. The highest BCUT2D eigenvalue weighted by Crippen LogP contribution is 2.57. The third-order valence-corrected chi connectivity index (χ3v) is 16.5.